The molecule has 0 aromatic carbocycles. The summed E-state index contributed by atoms with van der Waals surface area (Å²) in [5, 5.41) is 13.0. The van der Waals surface area contributed by atoms with Crippen LogP contribution in [-0.2, 0) is 0 Å². The second-order valence-corrected chi connectivity index (χ2v) is 7.67. The van der Waals surface area contributed by atoms with Crippen LogP contribution in [0.1, 0.15) is 52.9 Å². The van der Waals surface area contributed by atoms with Crippen molar-refractivity contribution in [2.45, 2.75) is 64.5 Å². The Morgan fingerprint density at radius 3 is 2.59 bits per heavy atom. The molecule has 128 valence electrons. The van der Waals surface area contributed by atoms with E-state index in [9.17, 15) is 9.90 Å². The van der Waals surface area contributed by atoms with Crippen molar-refractivity contribution in [1.82, 2.24) is 15.1 Å². The Morgan fingerprint density at radius 1 is 1.32 bits per heavy atom. The normalized spacial score (nSPS) is 23.9. The lowest BCUT2D eigenvalue weighted by Crippen LogP contribution is -2.50. The van der Waals surface area contributed by atoms with Crippen LogP contribution in [0.2, 0.25) is 0 Å². The number of nitrogens with one attached hydrogen (secondary N) is 1. The van der Waals surface area contributed by atoms with Gasteiger partial charge in [-0.2, -0.15) is 0 Å². The fraction of sp³-hybridized carbons (Fsp3) is 0.941. The van der Waals surface area contributed by atoms with Crippen LogP contribution in [0.5, 0.6) is 0 Å². The lowest BCUT2D eigenvalue weighted by molar-refractivity contribution is 0.0476. The molecular weight excluding hydrogens is 278 g/mol. The first-order valence-corrected chi connectivity index (χ1v) is 8.87. The molecule has 2 rings (SSSR count). The molecule has 0 aromatic rings. The van der Waals surface area contributed by atoms with Crippen LogP contribution < -0.4 is 5.32 Å². The van der Waals surface area contributed by atoms with Crippen molar-refractivity contribution in [1.29, 1.82) is 0 Å². The Kier molecular flexibility index (Phi) is 6.09. The minimum absolute atomic E-state index is 0.0441. The maximum Gasteiger partial charge on any atom is 0.317 e. The average Bonchev–Trinajstić information content (AvgIpc) is 3.07. The zero-order valence-electron chi connectivity index (χ0n) is 14.5. The molecule has 0 aromatic heterocycles. The molecule has 1 saturated heterocycles. The Labute approximate surface area is 135 Å². The fourth-order valence-corrected chi connectivity index (χ4v) is 3.73. The second kappa shape index (κ2) is 7.64. The lowest BCUT2D eigenvalue weighted by Gasteiger charge is -2.29. The number of carbonyl (C=O) groups is 1. The second-order valence-electron chi connectivity index (χ2n) is 7.67. The Hall–Kier alpha value is -0.810. The zero-order valence-corrected chi connectivity index (χ0v) is 14.5. The number of aliphatic hydroxyl groups is 1. The van der Waals surface area contributed by atoms with Crippen LogP contribution in [0.4, 0.5) is 4.79 Å². The predicted octanol–water partition coefficient (Wildman–Crippen LogP) is 2.05. The van der Waals surface area contributed by atoms with Gasteiger partial charge in [-0.15, -0.1) is 0 Å². The summed E-state index contributed by atoms with van der Waals surface area (Å²) in [6, 6.07) is 0.210. The van der Waals surface area contributed by atoms with Gasteiger partial charge in [-0.05, 0) is 46.0 Å². The van der Waals surface area contributed by atoms with E-state index in [0.29, 0.717) is 13.1 Å². The van der Waals surface area contributed by atoms with Crippen molar-refractivity contribution >= 4 is 6.03 Å². The topological polar surface area (TPSA) is 55.8 Å². The standard InChI is InChI=1S/C17H33N3O2/c1-4-20(13-17(2,3)22)16(21)18-15-9-10-19(12-15)11-14-7-5-6-8-14/h14-15,22H,4-13H2,1-3H3,(H,18,21). The molecule has 22 heavy (non-hydrogen) atoms. The molecule has 1 aliphatic heterocycles. The molecule has 1 saturated carbocycles. The minimum Gasteiger partial charge on any atom is -0.389 e. The quantitative estimate of drug-likeness (QED) is 0.789. The van der Waals surface area contributed by atoms with Crippen molar-refractivity contribution in [2.75, 3.05) is 32.7 Å². The van der Waals surface area contributed by atoms with E-state index in [-0.39, 0.29) is 12.1 Å². The van der Waals surface area contributed by atoms with Crippen molar-refractivity contribution < 1.29 is 9.90 Å². The summed E-state index contributed by atoms with van der Waals surface area (Å²) < 4.78 is 0. The molecule has 2 aliphatic rings. The molecular formula is C17H33N3O2. The maximum atomic E-state index is 12.3. The number of hydrogen-bond donors (Lipinski definition) is 2. The van der Waals surface area contributed by atoms with E-state index < -0.39 is 5.60 Å². The highest BCUT2D eigenvalue weighted by atomic mass is 16.3. The SMILES string of the molecule is CCN(CC(C)(C)O)C(=O)NC1CCN(CC2CCCC2)C1. The molecule has 5 heteroatoms. The lowest BCUT2D eigenvalue weighted by atomic mass is 10.1. The van der Waals surface area contributed by atoms with Gasteiger partial charge in [0.25, 0.3) is 0 Å². The van der Waals surface area contributed by atoms with Gasteiger partial charge in [0.05, 0.1) is 12.1 Å². The van der Waals surface area contributed by atoms with Gasteiger partial charge in [-0.1, -0.05) is 12.8 Å². The van der Waals surface area contributed by atoms with E-state index in [1.165, 1.54) is 32.2 Å². The van der Waals surface area contributed by atoms with E-state index in [4.69, 9.17) is 0 Å². The van der Waals surface area contributed by atoms with Crippen molar-refractivity contribution in [2.24, 2.45) is 5.92 Å². The highest BCUT2D eigenvalue weighted by Gasteiger charge is 2.29. The summed E-state index contributed by atoms with van der Waals surface area (Å²) in [4.78, 5) is 16.5. The zero-order chi connectivity index (χ0) is 16.2. The monoisotopic (exact) mass is 311 g/mol. The van der Waals surface area contributed by atoms with E-state index >= 15 is 0 Å². The number of hydrogen-bond acceptors (Lipinski definition) is 3. The molecule has 1 unspecified atom stereocenters. The molecule has 0 spiro atoms. The van der Waals surface area contributed by atoms with Crippen LogP contribution in [-0.4, -0.2) is 65.3 Å². The first kappa shape index (κ1) is 17.5. The van der Waals surface area contributed by atoms with Gasteiger partial charge in [0.2, 0.25) is 0 Å². The third-order valence-corrected chi connectivity index (χ3v) is 4.84. The number of nitrogens with zero attached hydrogens (tertiary/aromatic N) is 2. The number of likely N-dealkylation sites (tertiary alicyclic amines) is 1. The highest BCUT2D eigenvalue weighted by molar-refractivity contribution is 5.74. The average molecular weight is 311 g/mol. The number of urea groups is 1. The number of carbonyl (C=O) groups excluding carboxylic acids is 1. The molecule has 5 nitrogen and oxygen atoms in total. The van der Waals surface area contributed by atoms with Gasteiger partial charge in [0, 0.05) is 32.2 Å². The van der Waals surface area contributed by atoms with Gasteiger partial charge in [-0.25, -0.2) is 4.79 Å². The fourth-order valence-electron chi connectivity index (χ4n) is 3.73. The third-order valence-electron chi connectivity index (χ3n) is 4.84. The number of amides is 2. The summed E-state index contributed by atoms with van der Waals surface area (Å²) in [7, 11) is 0. The predicted molar refractivity (Wildman–Crippen MR) is 88.9 cm³/mol. The summed E-state index contributed by atoms with van der Waals surface area (Å²) in [5.41, 5.74) is -0.850. The van der Waals surface area contributed by atoms with Gasteiger partial charge < -0.3 is 20.2 Å². The van der Waals surface area contributed by atoms with Crippen LogP contribution in [0.15, 0.2) is 0 Å². The molecule has 2 N–H and O–H groups in total. The highest BCUT2D eigenvalue weighted by Crippen LogP contribution is 2.26. The summed E-state index contributed by atoms with van der Waals surface area (Å²) in [6.07, 6.45) is 6.58. The summed E-state index contributed by atoms with van der Waals surface area (Å²) in [5.74, 6) is 0.872. The maximum absolute atomic E-state index is 12.3. The smallest absolute Gasteiger partial charge is 0.317 e. The molecule has 1 aliphatic carbocycles. The van der Waals surface area contributed by atoms with Gasteiger partial charge in [0.1, 0.15) is 0 Å². The minimum atomic E-state index is -0.850. The van der Waals surface area contributed by atoms with E-state index in [1.54, 1.807) is 18.7 Å². The Bertz CT molecular complexity index is 361. The van der Waals surface area contributed by atoms with Crippen LogP contribution in [0.3, 0.4) is 0 Å². The molecule has 2 amide bonds. The molecule has 0 bridgehead atoms. The van der Waals surface area contributed by atoms with E-state index in [2.05, 4.69) is 10.2 Å². The van der Waals surface area contributed by atoms with Crippen molar-refractivity contribution in [3.63, 3.8) is 0 Å². The summed E-state index contributed by atoms with van der Waals surface area (Å²) in [6.45, 7) is 9.69. The summed E-state index contributed by atoms with van der Waals surface area (Å²) >= 11 is 0. The molecule has 0 radical (unpaired) electrons. The largest absolute Gasteiger partial charge is 0.389 e. The third kappa shape index (κ3) is 5.43. The van der Waals surface area contributed by atoms with E-state index in [0.717, 1.165) is 25.4 Å². The molecule has 2 fully saturated rings. The number of likely N-dealkylation sites (N-methyl/N-ethyl adjacent to an activating group) is 1. The van der Waals surface area contributed by atoms with Gasteiger partial charge in [-0.3, -0.25) is 0 Å². The van der Waals surface area contributed by atoms with Crippen LogP contribution in [0.25, 0.3) is 0 Å². The van der Waals surface area contributed by atoms with Crippen molar-refractivity contribution in [3.05, 3.63) is 0 Å². The first-order chi connectivity index (χ1) is 10.4. The van der Waals surface area contributed by atoms with E-state index in [1.807, 2.05) is 6.92 Å². The van der Waals surface area contributed by atoms with Gasteiger partial charge >= 0.3 is 6.03 Å². The molecule has 1 heterocycles. The Morgan fingerprint density at radius 2 is 2.00 bits per heavy atom. The Balaban J connectivity index is 1.74. The van der Waals surface area contributed by atoms with Crippen LogP contribution >= 0.6 is 0 Å². The number of rotatable bonds is 6. The first-order valence-electron chi connectivity index (χ1n) is 8.87. The van der Waals surface area contributed by atoms with Crippen LogP contribution in [0, 0.1) is 5.92 Å². The molecule has 1 atom stereocenters. The van der Waals surface area contributed by atoms with Gasteiger partial charge in [0.15, 0.2) is 0 Å². The van der Waals surface area contributed by atoms with Crippen molar-refractivity contribution in [3.8, 4) is 0 Å².